The number of hydrogen-bond donors (Lipinski definition) is 0. The Kier molecular flexibility index (Phi) is 3.80. The van der Waals surface area contributed by atoms with Gasteiger partial charge in [-0.2, -0.15) is 13.2 Å². The number of hydrogen-bond acceptors (Lipinski definition) is 0. The van der Waals surface area contributed by atoms with Gasteiger partial charge in [-0.3, -0.25) is 0 Å². The third kappa shape index (κ3) is 3.07. The van der Waals surface area contributed by atoms with E-state index in [1.807, 2.05) is 0 Å². The summed E-state index contributed by atoms with van der Waals surface area (Å²) in [5, 5.41) is 0. The molecule has 0 fully saturated rings. The molecule has 0 bridgehead atoms. The van der Waals surface area contributed by atoms with E-state index in [2.05, 4.69) is 0 Å². The first kappa shape index (κ1) is 13.9. The highest BCUT2D eigenvalue weighted by Gasteiger charge is 2.30. The molecule has 2 aromatic carbocycles. The van der Waals surface area contributed by atoms with Crippen LogP contribution in [0.4, 0.5) is 17.6 Å². The van der Waals surface area contributed by atoms with Gasteiger partial charge in [0, 0.05) is 5.88 Å². The summed E-state index contributed by atoms with van der Waals surface area (Å²) in [5.41, 5.74) is 0.825. The molecule has 0 aliphatic rings. The maximum Gasteiger partial charge on any atom is 0.416 e. The van der Waals surface area contributed by atoms with Gasteiger partial charge < -0.3 is 0 Å². The van der Waals surface area contributed by atoms with E-state index in [1.165, 1.54) is 30.3 Å². The average molecular weight is 289 g/mol. The van der Waals surface area contributed by atoms with Gasteiger partial charge in [0.25, 0.3) is 0 Å². The van der Waals surface area contributed by atoms with E-state index in [1.54, 1.807) is 0 Å². The molecule has 0 radical (unpaired) electrons. The van der Waals surface area contributed by atoms with Crippen LogP contribution in [-0.4, -0.2) is 0 Å². The van der Waals surface area contributed by atoms with E-state index in [4.69, 9.17) is 11.6 Å². The fourth-order valence-corrected chi connectivity index (χ4v) is 2.01. The van der Waals surface area contributed by atoms with Crippen molar-refractivity contribution in [2.75, 3.05) is 0 Å². The quantitative estimate of drug-likeness (QED) is 0.523. The van der Waals surface area contributed by atoms with Crippen LogP contribution in [0, 0.1) is 5.82 Å². The number of alkyl halides is 4. The van der Waals surface area contributed by atoms with Gasteiger partial charge >= 0.3 is 6.18 Å². The maximum absolute atomic E-state index is 12.8. The Morgan fingerprint density at radius 1 is 0.947 bits per heavy atom. The van der Waals surface area contributed by atoms with Crippen LogP contribution in [0.25, 0.3) is 11.1 Å². The van der Waals surface area contributed by atoms with E-state index in [9.17, 15) is 17.6 Å². The summed E-state index contributed by atoms with van der Waals surface area (Å²) in [4.78, 5) is 0. The number of halogens is 5. The highest BCUT2D eigenvalue weighted by Crippen LogP contribution is 2.34. The van der Waals surface area contributed by atoms with E-state index in [0.29, 0.717) is 16.7 Å². The lowest BCUT2D eigenvalue weighted by Gasteiger charge is -2.12. The lowest BCUT2D eigenvalue weighted by atomic mass is 9.98. The van der Waals surface area contributed by atoms with Gasteiger partial charge in [0.05, 0.1) is 5.56 Å². The molecule has 2 rings (SSSR count). The predicted molar refractivity (Wildman–Crippen MR) is 66.4 cm³/mol. The molecule has 0 unspecified atom stereocenters. The zero-order valence-electron chi connectivity index (χ0n) is 9.64. The molecule has 5 heteroatoms. The van der Waals surface area contributed by atoms with E-state index in [-0.39, 0.29) is 5.88 Å². The first-order chi connectivity index (χ1) is 8.91. The van der Waals surface area contributed by atoms with Crippen LogP contribution in [0.1, 0.15) is 11.1 Å². The summed E-state index contributed by atoms with van der Waals surface area (Å²) in [6.45, 7) is 0. The Morgan fingerprint density at radius 3 is 2.11 bits per heavy atom. The van der Waals surface area contributed by atoms with E-state index in [0.717, 1.165) is 12.1 Å². The fourth-order valence-electron chi connectivity index (χ4n) is 1.79. The fraction of sp³-hybridized carbons (Fsp3) is 0.143. The Labute approximate surface area is 112 Å². The largest absolute Gasteiger partial charge is 0.416 e. The van der Waals surface area contributed by atoms with Crippen molar-refractivity contribution in [2.24, 2.45) is 0 Å². The predicted octanol–water partition coefficient (Wildman–Crippen LogP) is 5.25. The SMILES string of the molecule is Fc1ccc(-c2ccc(C(F)(F)F)cc2CCl)cc1. The molecule has 0 N–H and O–H groups in total. The van der Waals surface area contributed by atoms with Gasteiger partial charge in [-0.25, -0.2) is 4.39 Å². The minimum absolute atomic E-state index is 0.0450. The Balaban J connectivity index is 2.50. The van der Waals surface area contributed by atoms with Crippen LogP contribution >= 0.6 is 11.6 Å². The van der Waals surface area contributed by atoms with Crippen molar-refractivity contribution in [3.8, 4) is 11.1 Å². The smallest absolute Gasteiger partial charge is 0.207 e. The van der Waals surface area contributed by atoms with Crippen molar-refractivity contribution >= 4 is 11.6 Å². The molecule has 0 atom stereocenters. The van der Waals surface area contributed by atoms with Gasteiger partial charge in [-0.15, -0.1) is 11.6 Å². The number of benzene rings is 2. The molecule has 0 spiro atoms. The first-order valence-corrected chi connectivity index (χ1v) is 5.97. The van der Waals surface area contributed by atoms with Gasteiger partial charge in [0.1, 0.15) is 5.82 Å². The summed E-state index contributed by atoms with van der Waals surface area (Å²) < 4.78 is 50.6. The summed E-state index contributed by atoms with van der Waals surface area (Å²) in [7, 11) is 0. The zero-order chi connectivity index (χ0) is 14.0. The van der Waals surface area contributed by atoms with Crippen molar-refractivity contribution in [1.29, 1.82) is 0 Å². The first-order valence-electron chi connectivity index (χ1n) is 5.44. The second-order valence-corrected chi connectivity index (χ2v) is 4.28. The minimum Gasteiger partial charge on any atom is -0.207 e. The van der Waals surface area contributed by atoms with E-state index < -0.39 is 17.6 Å². The molecule has 0 saturated heterocycles. The Morgan fingerprint density at radius 2 is 1.58 bits per heavy atom. The topological polar surface area (TPSA) is 0 Å². The molecule has 19 heavy (non-hydrogen) atoms. The molecule has 2 aromatic rings. The van der Waals surface area contributed by atoms with Crippen molar-refractivity contribution in [2.45, 2.75) is 12.1 Å². The van der Waals surface area contributed by atoms with E-state index >= 15 is 0 Å². The highest BCUT2D eigenvalue weighted by atomic mass is 35.5. The summed E-state index contributed by atoms with van der Waals surface area (Å²) >= 11 is 5.69. The van der Waals surface area contributed by atoms with Gasteiger partial charge in [0.15, 0.2) is 0 Å². The molecule has 100 valence electrons. The van der Waals surface area contributed by atoms with Crippen molar-refractivity contribution in [1.82, 2.24) is 0 Å². The van der Waals surface area contributed by atoms with Crippen molar-refractivity contribution in [3.05, 3.63) is 59.4 Å². The Hall–Kier alpha value is -1.55. The summed E-state index contributed by atoms with van der Waals surface area (Å²) in [6.07, 6.45) is -4.40. The van der Waals surface area contributed by atoms with Gasteiger partial charge in [-0.05, 0) is 41.0 Å². The van der Waals surface area contributed by atoms with Crippen LogP contribution in [0.15, 0.2) is 42.5 Å². The van der Waals surface area contributed by atoms with Gasteiger partial charge in [-0.1, -0.05) is 18.2 Å². The molecule has 0 amide bonds. The van der Waals surface area contributed by atoms with Crippen LogP contribution < -0.4 is 0 Å². The zero-order valence-corrected chi connectivity index (χ0v) is 10.4. The molecule has 0 nitrogen and oxygen atoms in total. The second-order valence-electron chi connectivity index (χ2n) is 4.01. The van der Waals surface area contributed by atoms with Crippen molar-refractivity contribution < 1.29 is 17.6 Å². The molecule has 0 aliphatic carbocycles. The third-order valence-electron chi connectivity index (χ3n) is 2.73. The molecular weight excluding hydrogens is 280 g/mol. The monoisotopic (exact) mass is 288 g/mol. The van der Waals surface area contributed by atoms with Crippen LogP contribution in [-0.2, 0) is 12.1 Å². The van der Waals surface area contributed by atoms with Gasteiger partial charge in [0.2, 0.25) is 0 Å². The summed E-state index contributed by atoms with van der Waals surface area (Å²) in [5.74, 6) is -0.445. The highest BCUT2D eigenvalue weighted by molar-refractivity contribution is 6.17. The minimum atomic E-state index is -4.40. The molecular formula is C14H9ClF4. The molecule has 0 aliphatic heterocycles. The maximum atomic E-state index is 12.8. The van der Waals surface area contributed by atoms with Crippen LogP contribution in [0.3, 0.4) is 0 Å². The lowest BCUT2D eigenvalue weighted by Crippen LogP contribution is -2.05. The second kappa shape index (κ2) is 5.21. The average Bonchev–Trinajstić information content (AvgIpc) is 2.38. The number of rotatable bonds is 2. The third-order valence-corrected chi connectivity index (χ3v) is 3.02. The molecule has 0 heterocycles. The standard InChI is InChI=1S/C14H9ClF4/c15-8-10-7-11(14(17,18)19)3-6-13(10)9-1-4-12(16)5-2-9/h1-7H,8H2. The summed E-state index contributed by atoms with van der Waals surface area (Å²) in [6, 6.07) is 8.90. The lowest BCUT2D eigenvalue weighted by molar-refractivity contribution is -0.137. The molecule has 0 aromatic heterocycles. The van der Waals surface area contributed by atoms with Crippen molar-refractivity contribution in [3.63, 3.8) is 0 Å². The molecule has 0 saturated carbocycles. The van der Waals surface area contributed by atoms with Crippen LogP contribution in [0.2, 0.25) is 0 Å². The van der Waals surface area contributed by atoms with Crippen LogP contribution in [0.5, 0.6) is 0 Å². The Bertz CT molecular complexity index is 573. The normalized spacial score (nSPS) is 11.6.